The third-order valence-corrected chi connectivity index (χ3v) is 5.68. The van der Waals surface area contributed by atoms with Crippen molar-refractivity contribution in [3.8, 4) is 11.5 Å². The van der Waals surface area contributed by atoms with E-state index in [0.29, 0.717) is 0 Å². The molecule has 0 saturated carbocycles. The molecule has 1 fully saturated rings. The summed E-state index contributed by atoms with van der Waals surface area (Å²) in [6, 6.07) is 8.79. The molecule has 0 bridgehead atoms. The molecule has 130 valence electrons. The van der Waals surface area contributed by atoms with Crippen molar-refractivity contribution >= 4 is 11.3 Å². The average Bonchev–Trinajstić information content (AvgIpc) is 2.86. The van der Waals surface area contributed by atoms with Gasteiger partial charge in [0.25, 0.3) is 0 Å². The van der Waals surface area contributed by atoms with E-state index < -0.39 is 0 Å². The van der Waals surface area contributed by atoms with E-state index in [1.54, 1.807) is 14.2 Å². The summed E-state index contributed by atoms with van der Waals surface area (Å²) in [7, 11) is 3.38. The fraction of sp³-hybridized carbons (Fsp3) is 0.474. The molecule has 1 aliphatic heterocycles. The summed E-state index contributed by atoms with van der Waals surface area (Å²) in [5, 5.41) is 5.69. The molecule has 0 aliphatic carbocycles. The van der Waals surface area contributed by atoms with E-state index in [2.05, 4.69) is 40.7 Å². The maximum Gasteiger partial charge on any atom is 0.161 e. The second-order valence-corrected chi connectivity index (χ2v) is 7.07. The zero-order valence-electron chi connectivity index (χ0n) is 14.7. The maximum absolute atomic E-state index is 5.53. The third kappa shape index (κ3) is 3.58. The van der Waals surface area contributed by atoms with Crippen molar-refractivity contribution in [2.24, 2.45) is 0 Å². The van der Waals surface area contributed by atoms with Gasteiger partial charge in [-0.25, -0.2) is 0 Å². The molecular weight excluding hydrogens is 320 g/mol. The van der Waals surface area contributed by atoms with Gasteiger partial charge in [-0.3, -0.25) is 4.90 Å². The summed E-state index contributed by atoms with van der Waals surface area (Å²) in [6.45, 7) is 6.49. The van der Waals surface area contributed by atoms with Crippen LogP contribution < -0.4 is 14.8 Å². The first-order valence-electron chi connectivity index (χ1n) is 8.45. The first kappa shape index (κ1) is 17.3. The fourth-order valence-electron chi connectivity index (χ4n) is 3.34. The summed E-state index contributed by atoms with van der Waals surface area (Å²) in [5.41, 5.74) is 2.62. The Bertz CT molecular complexity index is 663. The van der Waals surface area contributed by atoms with Crippen LogP contribution in [0.3, 0.4) is 0 Å². The molecule has 2 heterocycles. The molecule has 1 aromatic heterocycles. The van der Waals surface area contributed by atoms with Gasteiger partial charge < -0.3 is 14.8 Å². The molecule has 1 aliphatic rings. The second kappa shape index (κ2) is 8.01. The van der Waals surface area contributed by atoms with Gasteiger partial charge in [0.05, 0.1) is 20.3 Å². The van der Waals surface area contributed by atoms with Gasteiger partial charge in [-0.1, -0.05) is 6.07 Å². The van der Waals surface area contributed by atoms with E-state index in [1.165, 1.54) is 22.4 Å². The van der Waals surface area contributed by atoms with Gasteiger partial charge >= 0.3 is 0 Å². The van der Waals surface area contributed by atoms with E-state index >= 15 is 0 Å². The summed E-state index contributed by atoms with van der Waals surface area (Å²) in [5.74, 6) is 1.57. The minimum absolute atomic E-state index is 0.268. The largest absolute Gasteiger partial charge is 0.493 e. The van der Waals surface area contributed by atoms with Crippen molar-refractivity contribution in [2.45, 2.75) is 19.4 Å². The quantitative estimate of drug-likeness (QED) is 0.899. The Balaban J connectivity index is 2.02. The van der Waals surface area contributed by atoms with Crippen LogP contribution in [0.2, 0.25) is 0 Å². The van der Waals surface area contributed by atoms with E-state index in [-0.39, 0.29) is 6.04 Å². The Hall–Kier alpha value is -1.56. The molecule has 24 heavy (non-hydrogen) atoms. The Morgan fingerprint density at radius 3 is 2.62 bits per heavy atom. The molecule has 4 nitrogen and oxygen atoms in total. The fourth-order valence-corrected chi connectivity index (χ4v) is 4.43. The van der Waals surface area contributed by atoms with Crippen LogP contribution in [0.5, 0.6) is 11.5 Å². The topological polar surface area (TPSA) is 33.7 Å². The molecule has 0 radical (unpaired) electrons. The van der Waals surface area contributed by atoms with Crippen molar-refractivity contribution in [3.63, 3.8) is 0 Å². The molecule has 0 spiro atoms. The second-order valence-electron chi connectivity index (χ2n) is 6.12. The Kier molecular flexibility index (Phi) is 5.76. The predicted molar refractivity (Wildman–Crippen MR) is 99.5 cm³/mol. The number of benzene rings is 1. The van der Waals surface area contributed by atoms with Gasteiger partial charge in [-0.05, 0) is 54.6 Å². The van der Waals surface area contributed by atoms with E-state index in [4.69, 9.17) is 9.47 Å². The number of methoxy groups -OCH3 is 2. The lowest BCUT2D eigenvalue weighted by atomic mass is 10.00. The van der Waals surface area contributed by atoms with E-state index in [9.17, 15) is 0 Å². The maximum atomic E-state index is 5.53. The number of nitrogens with zero attached hydrogens (tertiary/aromatic N) is 1. The Morgan fingerprint density at radius 2 is 1.92 bits per heavy atom. The van der Waals surface area contributed by atoms with Crippen molar-refractivity contribution in [1.29, 1.82) is 0 Å². The number of ether oxygens (including phenoxy) is 2. The lowest BCUT2D eigenvalue weighted by Crippen LogP contribution is -2.32. The zero-order chi connectivity index (χ0) is 16.9. The van der Waals surface area contributed by atoms with Gasteiger partial charge in [-0.2, -0.15) is 0 Å². The smallest absolute Gasteiger partial charge is 0.161 e. The SMILES string of the molecule is COc1ccc(C(c2sccc2C)N2CCCNCC2)cc1OC. The molecule has 1 N–H and O–H groups in total. The third-order valence-electron chi connectivity index (χ3n) is 4.61. The average molecular weight is 346 g/mol. The first-order chi connectivity index (χ1) is 11.7. The highest BCUT2D eigenvalue weighted by Crippen LogP contribution is 2.38. The summed E-state index contributed by atoms with van der Waals surface area (Å²) in [4.78, 5) is 4.00. The molecule has 1 unspecified atom stereocenters. The van der Waals surface area contributed by atoms with Crippen LogP contribution in [0.1, 0.15) is 28.5 Å². The van der Waals surface area contributed by atoms with E-state index in [0.717, 1.165) is 37.7 Å². The van der Waals surface area contributed by atoms with Gasteiger partial charge in [-0.15, -0.1) is 11.3 Å². The highest BCUT2D eigenvalue weighted by atomic mass is 32.1. The molecule has 1 saturated heterocycles. The standard InChI is InChI=1S/C19H26N2O2S/c1-14-7-12-24-19(14)18(21-10-4-8-20-9-11-21)15-5-6-16(22-2)17(13-15)23-3/h5-7,12-13,18,20H,4,8-11H2,1-3H3. The highest BCUT2D eigenvalue weighted by Gasteiger charge is 2.26. The minimum atomic E-state index is 0.268. The number of thiophene rings is 1. The van der Waals surface area contributed by atoms with Crippen molar-refractivity contribution in [1.82, 2.24) is 10.2 Å². The summed E-state index contributed by atoms with van der Waals surface area (Å²) >= 11 is 1.84. The summed E-state index contributed by atoms with van der Waals surface area (Å²) in [6.07, 6.45) is 1.17. The predicted octanol–water partition coefficient (Wildman–Crippen LogP) is 3.46. The van der Waals surface area contributed by atoms with Crippen molar-refractivity contribution < 1.29 is 9.47 Å². The number of nitrogens with one attached hydrogen (secondary N) is 1. The molecule has 5 heteroatoms. The van der Waals surface area contributed by atoms with Crippen LogP contribution in [-0.4, -0.2) is 45.3 Å². The van der Waals surface area contributed by atoms with Crippen LogP contribution in [0, 0.1) is 6.92 Å². The first-order valence-corrected chi connectivity index (χ1v) is 9.33. The molecular formula is C19H26N2O2S. The van der Waals surface area contributed by atoms with Crippen LogP contribution in [0.25, 0.3) is 0 Å². The van der Waals surface area contributed by atoms with Gasteiger partial charge in [0.1, 0.15) is 0 Å². The Morgan fingerprint density at radius 1 is 1.08 bits per heavy atom. The van der Waals surface area contributed by atoms with Gasteiger partial charge in [0, 0.05) is 24.5 Å². The molecule has 1 atom stereocenters. The van der Waals surface area contributed by atoms with Crippen LogP contribution in [-0.2, 0) is 0 Å². The van der Waals surface area contributed by atoms with Gasteiger partial charge in [0.15, 0.2) is 11.5 Å². The van der Waals surface area contributed by atoms with Crippen LogP contribution in [0.15, 0.2) is 29.6 Å². The minimum Gasteiger partial charge on any atom is -0.493 e. The summed E-state index contributed by atoms with van der Waals surface area (Å²) < 4.78 is 10.9. The van der Waals surface area contributed by atoms with Gasteiger partial charge in [0.2, 0.25) is 0 Å². The lowest BCUT2D eigenvalue weighted by molar-refractivity contribution is 0.242. The molecule has 0 amide bonds. The lowest BCUT2D eigenvalue weighted by Gasteiger charge is -2.31. The number of hydrogen-bond donors (Lipinski definition) is 1. The normalized spacial score (nSPS) is 17.3. The zero-order valence-corrected chi connectivity index (χ0v) is 15.5. The molecule has 3 rings (SSSR count). The van der Waals surface area contributed by atoms with E-state index in [1.807, 2.05) is 17.4 Å². The van der Waals surface area contributed by atoms with Crippen molar-refractivity contribution in [3.05, 3.63) is 45.6 Å². The Labute approximate surface area is 148 Å². The van der Waals surface area contributed by atoms with Crippen molar-refractivity contribution in [2.75, 3.05) is 40.4 Å². The van der Waals surface area contributed by atoms with Crippen LogP contribution in [0.4, 0.5) is 0 Å². The molecule has 2 aromatic rings. The monoisotopic (exact) mass is 346 g/mol. The number of aryl methyl sites for hydroxylation is 1. The number of rotatable bonds is 5. The highest BCUT2D eigenvalue weighted by molar-refractivity contribution is 7.10. The van der Waals surface area contributed by atoms with Crippen LogP contribution >= 0.6 is 11.3 Å². The molecule has 1 aromatic carbocycles. The number of hydrogen-bond acceptors (Lipinski definition) is 5.